The molecule has 0 aromatic heterocycles. The summed E-state index contributed by atoms with van der Waals surface area (Å²) in [4.78, 5) is 0. The summed E-state index contributed by atoms with van der Waals surface area (Å²) in [6, 6.07) is 0.356. The Morgan fingerprint density at radius 1 is 1.53 bits per heavy atom. The van der Waals surface area contributed by atoms with E-state index in [0.717, 1.165) is 44.3 Å². The van der Waals surface area contributed by atoms with Crippen molar-refractivity contribution in [3.8, 4) is 0 Å². The minimum Gasteiger partial charge on any atom is -0.380 e. The summed E-state index contributed by atoms with van der Waals surface area (Å²) in [5.41, 5.74) is 0. The maximum atomic E-state index is 5.76. The molecular weight excluding hydrogens is 210 g/mol. The molecule has 15 heavy (non-hydrogen) atoms. The van der Waals surface area contributed by atoms with Gasteiger partial charge in [-0.25, -0.2) is 0 Å². The van der Waals surface area contributed by atoms with Crippen LogP contribution in [0.3, 0.4) is 0 Å². The van der Waals surface area contributed by atoms with Crippen molar-refractivity contribution >= 4 is 11.8 Å². The first kappa shape index (κ1) is 13.3. The highest BCUT2D eigenvalue weighted by molar-refractivity contribution is 7.99. The van der Waals surface area contributed by atoms with Crippen LogP contribution < -0.4 is 5.32 Å². The first-order valence-electron chi connectivity index (χ1n) is 5.89. The summed E-state index contributed by atoms with van der Waals surface area (Å²) < 4.78 is 11.4. The van der Waals surface area contributed by atoms with Gasteiger partial charge in [0, 0.05) is 18.1 Å². The van der Waals surface area contributed by atoms with E-state index >= 15 is 0 Å². The summed E-state index contributed by atoms with van der Waals surface area (Å²) in [6.07, 6.45) is 1.40. The Balaban J connectivity index is 2.26. The van der Waals surface area contributed by atoms with Gasteiger partial charge >= 0.3 is 0 Å². The van der Waals surface area contributed by atoms with Crippen LogP contribution in [0.15, 0.2) is 0 Å². The van der Waals surface area contributed by atoms with Crippen molar-refractivity contribution in [2.75, 3.05) is 37.9 Å². The average molecular weight is 233 g/mol. The number of hydrogen-bond acceptors (Lipinski definition) is 4. The zero-order valence-corrected chi connectivity index (χ0v) is 10.6. The molecule has 1 saturated heterocycles. The van der Waals surface area contributed by atoms with Gasteiger partial charge in [0.25, 0.3) is 0 Å². The molecule has 1 N–H and O–H groups in total. The van der Waals surface area contributed by atoms with Crippen molar-refractivity contribution < 1.29 is 9.47 Å². The highest BCUT2D eigenvalue weighted by Crippen LogP contribution is 2.15. The predicted octanol–water partition coefficient (Wildman–Crippen LogP) is 1.52. The molecule has 1 aliphatic heterocycles. The number of hydrogen-bond donors (Lipinski definition) is 1. The van der Waals surface area contributed by atoms with E-state index < -0.39 is 0 Å². The van der Waals surface area contributed by atoms with E-state index in [2.05, 4.69) is 19.2 Å². The second kappa shape index (κ2) is 8.39. The van der Waals surface area contributed by atoms with Crippen molar-refractivity contribution in [1.82, 2.24) is 5.32 Å². The van der Waals surface area contributed by atoms with E-state index in [4.69, 9.17) is 9.47 Å². The van der Waals surface area contributed by atoms with Gasteiger partial charge in [-0.3, -0.25) is 0 Å². The van der Waals surface area contributed by atoms with Gasteiger partial charge in [0.1, 0.15) is 0 Å². The first-order valence-corrected chi connectivity index (χ1v) is 7.04. The van der Waals surface area contributed by atoms with Gasteiger partial charge < -0.3 is 14.8 Å². The minimum absolute atomic E-state index is 0.320. The smallest absolute Gasteiger partial charge is 0.0841 e. The van der Waals surface area contributed by atoms with Crippen molar-refractivity contribution in [1.29, 1.82) is 0 Å². The maximum absolute atomic E-state index is 5.76. The van der Waals surface area contributed by atoms with Crippen LogP contribution in [0.25, 0.3) is 0 Å². The SMILES string of the molecule is CCCOCC(NCC)C1CSCCO1. The topological polar surface area (TPSA) is 30.5 Å². The Hall–Kier alpha value is 0.230. The van der Waals surface area contributed by atoms with Crippen molar-refractivity contribution in [3.63, 3.8) is 0 Å². The predicted molar refractivity (Wildman–Crippen MR) is 65.6 cm³/mol. The average Bonchev–Trinajstić information content (AvgIpc) is 2.29. The van der Waals surface area contributed by atoms with E-state index in [-0.39, 0.29) is 0 Å². The lowest BCUT2D eigenvalue weighted by Gasteiger charge is -2.30. The van der Waals surface area contributed by atoms with E-state index in [1.807, 2.05) is 11.8 Å². The fraction of sp³-hybridized carbons (Fsp3) is 1.00. The Bertz CT molecular complexity index is 152. The van der Waals surface area contributed by atoms with E-state index in [1.54, 1.807) is 0 Å². The molecule has 1 aliphatic rings. The van der Waals surface area contributed by atoms with E-state index in [0.29, 0.717) is 12.1 Å². The molecule has 0 bridgehead atoms. The molecule has 0 spiro atoms. The molecule has 4 heteroatoms. The van der Waals surface area contributed by atoms with Crippen LogP contribution in [0.4, 0.5) is 0 Å². The van der Waals surface area contributed by atoms with Crippen molar-refractivity contribution in [2.24, 2.45) is 0 Å². The van der Waals surface area contributed by atoms with Crippen LogP contribution in [0.5, 0.6) is 0 Å². The first-order chi connectivity index (χ1) is 7.38. The molecule has 0 aliphatic carbocycles. The second-order valence-corrected chi connectivity index (χ2v) is 4.87. The number of ether oxygens (including phenoxy) is 2. The quantitative estimate of drug-likeness (QED) is 0.676. The Labute approximate surface area is 97.3 Å². The van der Waals surface area contributed by atoms with Crippen LogP contribution in [0.1, 0.15) is 20.3 Å². The maximum Gasteiger partial charge on any atom is 0.0841 e. The molecule has 0 aromatic carbocycles. The summed E-state index contributed by atoms with van der Waals surface area (Å²) in [7, 11) is 0. The fourth-order valence-corrected chi connectivity index (χ4v) is 2.59. The molecular formula is C11H23NO2S. The Kier molecular flexibility index (Phi) is 7.44. The van der Waals surface area contributed by atoms with Crippen LogP contribution >= 0.6 is 11.8 Å². The molecule has 90 valence electrons. The highest BCUT2D eigenvalue weighted by Gasteiger charge is 2.24. The number of nitrogens with one attached hydrogen (secondary N) is 1. The summed E-state index contributed by atoms with van der Waals surface area (Å²) >= 11 is 1.98. The molecule has 1 rings (SSSR count). The number of rotatable bonds is 7. The van der Waals surface area contributed by atoms with Gasteiger partial charge in [0.2, 0.25) is 0 Å². The molecule has 2 unspecified atom stereocenters. The lowest BCUT2D eigenvalue weighted by Crippen LogP contribution is -2.47. The summed E-state index contributed by atoms with van der Waals surface area (Å²) in [5.74, 6) is 2.22. The van der Waals surface area contributed by atoms with Crippen LogP contribution in [0.2, 0.25) is 0 Å². The third-order valence-corrected chi connectivity index (χ3v) is 3.42. The second-order valence-electron chi connectivity index (χ2n) is 3.72. The Morgan fingerprint density at radius 2 is 2.40 bits per heavy atom. The molecule has 1 fully saturated rings. The molecule has 3 nitrogen and oxygen atoms in total. The van der Waals surface area contributed by atoms with Crippen LogP contribution in [-0.2, 0) is 9.47 Å². The molecule has 0 saturated carbocycles. The minimum atomic E-state index is 0.320. The number of thioether (sulfide) groups is 1. The molecule has 0 amide bonds. The normalized spacial score (nSPS) is 24.0. The third-order valence-electron chi connectivity index (χ3n) is 2.40. The zero-order chi connectivity index (χ0) is 10.9. The van der Waals surface area contributed by atoms with Crippen LogP contribution in [-0.4, -0.2) is 50.0 Å². The lowest BCUT2D eigenvalue weighted by molar-refractivity contribution is 0.0107. The van der Waals surface area contributed by atoms with Gasteiger partial charge in [-0.1, -0.05) is 13.8 Å². The van der Waals surface area contributed by atoms with Gasteiger partial charge in [0.15, 0.2) is 0 Å². The highest BCUT2D eigenvalue weighted by atomic mass is 32.2. The molecule has 0 aromatic rings. The largest absolute Gasteiger partial charge is 0.380 e. The zero-order valence-electron chi connectivity index (χ0n) is 9.83. The Morgan fingerprint density at radius 3 is 3.00 bits per heavy atom. The fourth-order valence-electron chi connectivity index (χ4n) is 1.65. The summed E-state index contributed by atoms with van der Waals surface area (Å²) in [6.45, 7) is 7.74. The van der Waals surface area contributed by atoms with Gasteiger partial charge in [0.05, 0.1) is 25.4 Å². The van der Waals surface area contributed by atoms with Crippen molar-refractivity contribution in [3.05, 3.63) is 0 Å². The molecule has 0 radical (unpaired) electrons. The van der Waals surface area contributed by atoms with Gasteiger partial charge in [-0.2, -0.15) is 11.8 Å². The summed E-state index contributed by atoms with van der Waals surface area (Å²) in [5, 5.41) is 3.45. The van der Waals surface area contributed by atoms with Crippen LogP contribution in [0, 0.1) is 0 Å². The monoisotopic (exact) mass is 233 g/mol. The van der Waals surface area contributed by atoms with Gasteiger partial charge in [-0.15, -0.1) is 0 Å². The van der Waals surface area contributed by atoms with Crippen molar-refractivity contribution in [2.45, 2.75) is 32.4 Å². The van der Waals surface area contributed by atoms with E-state index in [1.165, 1.54) is 0 Å². The molecule has 2 atom stereocenters. The molecule has 1 heterocycles. The standard InChI is InChI=1S/C11H23NO2S/c1-3-5-13-8-10(12-4-2)11-9-15-7-6-14-11/h10-12H,3-9H2,1-2H3. The third kappa shape index (κ3) is 5.20. The lowest BCUT2D eigenvalue weighted by atomic mass is 10.2. The number of likely N-dealkylation sites (N-methyl/N-ethyl adjacent to an activating group) is 1. The van der Waals surface area contributed by atoms with Gasteiger partial charge in [-0.05, 0) is 13.0 Å². The van der Waals surface area contributed by atoms with E-state index in [9.17, 15) is 0 Å².